The molecule has 168 valence electrons. The summed E-state index contributed by atoms with van der Waals surface area (Å²) in [5.74, 6) is 0.703. The third-order valence-corrected chi connectivity index (χ3v) is 6.93. The zero-order valence-corrected chi connectivity index (χ0v) is 20.3. The van der Waals surface area contributed by atoms with Crippen LogP contribution in [0.1, 0.15) is 40.2 Å². The maximum absolute atomic E-state index is 12.8. The Morgan fingerprint density at radius 3 is 2.81 bits per heavy atom. The minimum Gasteiger partial charge on any atom is -0.493 e. The number of carbonyl (C=O) groups excluding carboxylic acids is 1. The molecule has 0 fully saturated rings. The second-order valence-electron chi connectivity index (χ2n) is 7.35. The number of fused-ring (bicyclic) bond motifs is 3. The minimum absolute atomic E-state index is 0.0438. The van der Waals surface area contributed by atoms with Crippen LogP contribution in [-0.4, -0.2) is 36.2 Å². The first kappa shape index (κ1) is 22.6. The number of halogens is 1. The fraction of sp³-hybridized carbons (Fsp3) is 0.333. The molecule has 0 spiro atoms. The normalized spacial score (nSPS) is 14.4. The van der Waals surface area contributed by atoms with E-state index in [-0.39, 0.29) is 23.6 Å². The van der Waals surface area contributed by atoms with Gasteiger partial charge in [-0.2, -0.15) is 0 Å². The van der Waals surface area contributed by atoms with Crippen LogP contribution in [0.15, 0.2) is 46.7 Å². The third-order valence-electron chi connectivity index (χ3n) is 5.40. The van der Waals surface area contributed by atoms with Crippen molar-refractivity contribution in [3.63, 3.8) is 0 Å². The molecule has 1 atom stereocenters. The number of hydrogen-bond donors (Lipinski definition) is 0. The van der Waals surface area contributed by atoms with Crippen molar-refractivity contribution >= 4 is 33.2 Å². The molecule has 1 aliphatic rings. The molecular formula is C24H24BrNO5S. The van der Waals surface area contributed by atoms with Crippen molar-refractivity contribution in [2.45, 2.75) is 25.8 Å². The second kappa shape index (κ2) is 9.92. The van der Waals surface area contributed by atoms with Gasteiger partial charge in [0.25, 0.3) is 0 Å². The molecule has 1 unspecified atom stereocenters. The molecule has 1 aliphatic heterocycles. The summed E-state index contributed by atoms with van der Waals surface area (Å²) >= 11 is 5.07. The van der Waals surface area contributed by atoms with Gasteiger partial charge in [0.05, 0.1) is 32.1 Å². The maximum atomic E-state index is 12.8. The van der Waals surface area contributed by atoms with Gasteiger partial charge in [-0.05, 0) is 48.9 Å². The first-order chi connectivity index (χ1) is 15.6. The predicted molar refractivity (Wildman–Crippen MR) is 129 cm³/mol. The average molecular weight is 518 g/mol. The number of hydrogen-bond acceptors (Lipinski definition) is 6. The van der Waals surface area contributed by atoms with E-state index >= 15 is 0 Å². The minimum atomic E-state index is -0.600. The first-order valence-corrected chi connectivity index (χ1v) is 12.4. The van der Waals surface area contributed by atoms with Crippen molar-refractivity contribution in [1.29, 1.82) is 0 Å². The number of pyridine rings is 1. The molecule has 6 nitrogen and oxygen atoms in total. The van der Waals surface area contributed by atoms with Crippen molar-refractivity contribution in [2.24, 2.45) is 0 Å². The second-order valence-corrected chi connectivity index (χ2v) is 9.12. The summed E-state index contributed by atoms with van der Waals surface area (Å²) in [4.78, 5) is 26.4. The number of methoxy groups -OCH3 is 1. The number of benzene rings is 1. The Morgan fingerprint density at radius 1 is 1.28 bits per heavy atom. The SMILES string of the molecule is CCOC(=O)c1cn2c(cc1=O)-c1cc(OC)c(OCCCBr)cc1CC2c1cccs1. The molecule has 0 bridgehead atoms. The number of carbonyl (C=O) groups is 1. The topological polar surface area (TPSA) is 66.8 Å². The van der Waals surface area contributed by atoms with E-state index < -0.39 is 5.97 Å². The summed E-state index contributed by atoms with van der Waals surface area (Å²) in [6.07, 6.45) is 3.22. The number of rotatable bonds is 8. The fourth-order valence-corrected chi connectivity index (χ4v) is 4.98. The summed E-state index contributed by atoms with van der Waals surface area (Å²) in [7, 11) is 1.60. The van der Waals surface area contributed by atoms with E-state index in [0.29, 0.717) is 24.5 Å². The van der Waals surface area contributed by atoms with Crippen LogP contribution in [0.2, 0.25) is 0 Å². The van der Waals surface area contributed by atoms with Gasteiger partial charge in [-0.3, -0.25) is 4.79 Å². The summed E-state index contributed by atoms with van der Waals surface area (Å²) in [6.45, 7) is 2.52. The molecular weight excluding hydrogens is 494 g/mol. The summed E-state index contributed by atoms with van der Waals surface area (Å²) in [5.41, 5.74) is 2.40. The highest BCUT2D eigenvalue weighted by molar-refractivity contribution is 9.09. The monoisotopic (exact) mass is 517 g/mol. The highest BCUT2D eigenvalue weighted by Gasteiger charge is 2.29. The van der Waals surface area contributed by atoms with Crippen molar-refractivity contribution in [1.82, 2.24) is 4.57 Å². The molecule has 3 aromatic rings. The molecule has 0 aliphatic carbocycles. The molecule has 1 aromatic carbocycles. The number of alkyl halides is 1. The van der Waals surface area contributed by atoms with E-state index in [9.17, 15) is 9.59 Å². The fourth-order valence-electron chi connectivity index (χ4n) is 3.93. The van der Waals surface area contributed by atoms with Crippen LogP contribution >= 0.6 is 27.3 Å². The van der Waals surface area contributed by atoms with Crippen molar-refractivity contribution in [3.8, 4) is 22.8 Å². The van der Waals surface area contributed by atoms with Crippen LogP contribution in [0.3, 0.4) is 0 Å². The molecule has 8 heteroatoms. The van der Waals surface area contributed by atoms with Crippen LogP contribution in [0.25, 0.3) is 11.3 Å². The Balaban J connectivity index is 1.87. The largest absolute Gasteiger partial charge is 0.493 e. The Labute approximate surface area is 198 Å². The van der Waals surface area contributed by atoms with Crippen LogP contribution in [0.5, 0.6) is 11.5 Å². The average Bonchev–Trinajstić information content (AvgIpc) is 3.32. The van der Waals surface area contributed by atoms with Gasteiger partial charge < -0.3 is 18.8 Å². The van der Waals surface area contributed by atoms with Crippen LogP contribution in [-0.2, 0) is 11.2 Å². The Kier molecular flexibility index (Phi) is 7.01. The molecule has 0 saturated heterocycles. The van der Waals surface area contributed by atoms with E-state index in [4.69, 9.17) is 14.2 Å². The lowest BCUT2D eigenvalue weighted by Crippen LogP contribution is -2.26. The van der Waals surface area contributed by atoms with Crippen molar-refractivity contribution in [3.05, 3.63) is 68.1 Å². The molecule has 0 amide bonds. The van der Waals surface area contributed by atoms with Crippen molar-refractivity contribution < 1.29 is 19.0 Å². The van der Waals surface area contributed by atoms with Gasteiger partial charge in [0.15, 0.2) is 16.9 Å². The number of aromatic nitrogens is 1. The molecule has 0 radical (unpaired) electrons. The summed E-state index contributed by atoms with van der Waals surface area (Å²) < 4.78 is 18.7. The quantitative estimate of drug-likeness (QED) is 0.237. The molecule has 0 saturated carbocycles. The van der Waals surface area contributed by atoms with E-state index in [1.54, 1.807) is 31.6 Å². The molecule has 3 heterocycles. The summed E-state index contributed by atoms with van der Waals surface area (Å²) in [6, 6.07) is 9.48. The number of nitrogens with zero attached hydrogens (tertiary/aromatic N) is 1. The van der Waals surface area contributed by atoms with Gasteiger partial charge in [0.2, 0.25) is 0 Å². The number of esters is 1. The van der Waals surface area contributed by atoms with Crippen LogP contribution in [0.4, 0.5) is 0 Å². The number of thiophene rings is 1. The summed E-state index contributed by atoms with van der Waals surface area (Å²) in [5, 5.41) is 2.89. The van der Waals surface area contributed by atoms with Gasteiger partial charge in [-0.25, -0.2) is 4.79 Å². The third kappa shape index (κ3) is 4.34. The van der Waals surface area contributed by atoms with Gasteiger partial charge in [-0.15, -0.1) is 11.3 Å². The highest BCUT2D eigenvalue weighted by Crippen LogP contribution is 2.43. The smallest absolute Gasteiger partial charge is 0.343 e. The van der Waals surface area contributed by atoms with E-state index in [0.717, 1.165) is 33.4 Å². The molecule has 32 heavy (non-hydrogen) atoms. The maximum Gasteiger partial charge on any atom is 0.343 e. The Bertz CT molecular complexity index is 1170. The molecule has 4 rings (SSSR count). The van der Waals surface area contributed by atoms with Crippen LogP contribution in [0, 0.1) is 0 Å². The van der Waals surface area contributed by atoms with Gasteiger partial charge in [-0.1, -0.05) is 22.0 Å². The lowest BCUT2D eigenvalue weighted by Gasteiger charge is -2.31. The molecule has 0 N–H and O–H groups in total. The number of ether oxygens (including phenoxy) is 3. The van der Waals surface area contributed by atoms with Gasteiger partial charge in [0, 0.05) is 28.0 Å². The zero-order chi connectivity index (χ0) is 22.7. The first-order valence-electron chi connectivity index (χ1n) is 10.4. The highest BCUT2D eigenvalue weighted by atomic mass is 79.9. The van der Waals surface area contributed by atoms with Gasteiger partial charge >= 0.3 is 5.97 Å². The lowest BCUT2D eigenvalue weighted by molar-refractivity contribution is 0.0523. The zero-order valence-electron chi connectivity index (χ0n) is 17.9. The van der Waals surface area contributed by atoms with Crippen molar-refractivity contribution in [2.75, 3.05) is 25.7 Å². The van der Waals surface area contributed by atoms with Gasteiger partial charge in [0.1, 0.15) is 5.56 Å². The Hall–Kier alpha value is -2.58. The van der Waals surface area contributed by atoms with E-state index in [1.165, 1.54) is 6.07 Å². The van der Waals surface area contributed by atoms with E-state index in [1.807, 2.05) is 28.1 Å². The Morgan fingerprint density at radius 2 is 2.12 bits per heavy atom. The standard InChI is InChI=1S/C24H24BrNO5S/c1-3-30-24(28)17-14-26-18(13-20(17)27)16-12-21(29-2)22(31-8-5-7-25)11-15(16)10-19(26)23-6-4-9-32-23/h4,6,9,11-14,19H,3,5,7-8,10H2,1-2H3. The predicted octanol–water partition coefficient (Wildman–Crippen LogP) is 5.07. The van der Waals surface area contributed by atoms with E-state index in [2.05, 4.69) is 22.0 Å². The lowest BCUT2D eigenvalue weighted by atomic mass is 9.91. The van der Waals surface area contributed by atoms with Crippen LogP contribution < -0.4 is 14.9 Å². The molecule has 2 aromatic heterocycles.